The van der Waals surface area contributed by atoms with Crippen LogP contribution in [-0.2, 0) is 4.74 Å². The molecule has 0 saturated carbocycles. The molecule has 0 spiro atoms. The third kappa shape index (κ3) is 3.09. The van der Waals surface area contributed by atoms with Crippen LogP contribution in [0.5, 0.6) is 0 Å². The van der Waals surface area contributed by atoms with E-state index in [0.717, 1.165) is 16.8 Å². The molecule has 7 heteroatoms. The van der Waals surface area contributed by atoms with Crippen LogP contribution in [0.2, 0.25) is 5.02 Å². The van der Waals surface area contributed by atoms with Crippen molar-refractivity contribution in [3.05, 3.63) is 46.4 Å². The van der Waals surface area contributed by atoms with Gasteiger partial charge in [-0.2, -0.15) is 5.10 Å². The van der Waals surface area contributed by atoms with E-state index in [1.54, 1.807) is 18.4 Å². The van der Waals surface area contributed by atoms with E-state index in [9.17, 15) is 4.79 Å². The number of hydrogen-bond acceptors (Lipinski definition) is 5. The van der Waals surface area contributed by atoms with Crippen molar-refractivity contribution in [2.75, 3.05) is 6.61 Å². The molecule has 0 fully saturated rings. The number of ether oxygens (including phenoxy) is 1. The molecule has 3 rings (SSSR count). The van der Waals surface area contributed by atoms with Gasteiger partial charge in [0.2, 0.25) is 0 Å². The fourth-order valence-corrected chi connectivity index (χ4v) is 2.93. The minimum absolute atomic E-state index is 0.168. The van der Waals surface area contributed by atoms with Crippen LogP contribution in [0.1, 0.15) is 48.6 Å². The Morgan fingerprint density at radius 2 is 2.08 bits per heavy atom. The molecule has 130 valence electrons. The van der Waals surface area contributed by atoms with Crippen LogP contribution < -0.4 is 0 Å². The molecule has 0 amide bonds. The lowest BCUT2D eigenvalue weighted by molar-refractivity contribution is 0.0516. The Morgan fingerprint density at radius 1 is 1.32 bits per heavy atom. The van der Waals surface area contributed by atoms with Crippen LogP contribution >= 0.6 is 11.6 Å². The number of nitrogens with zero attached hydrogens (tertiary/aromatic N) is 4. The third-order valence-corrected chi connectivity index (χ3v) is 4.16. The van der Waals surface area contributed by atoms with Crippen molar-refractivity contribution in [1.29, 1.82) is 0 Å². The number of carbonyl (C=O) groups excluding carboxylic acids is 1. The molecule has 0 aliphatic carbocycles. The monoisotopic (exact) mass is 358 g/mol. The lowest BCUT2D eigenvalue weighted by atomic mass is 10.00. The first-order valence-electron chi connectivity index (χ1n) is 8.13. The smallest absolute Gasteiger partial charge is 0.360 e. The summed E-state index contributed by atoms with van der Waals surface area (Å²) < 4.78 is 6.70. The Kier molecular flexibility index (Phi) is 4.72. The molecule has 6 nitrogen and oxygen atoms in total. The van der Waals surface area contributed by atoms with Crippen LogP contribution in [0, 0.1) is 6.92 Å². The molecule has 0 aliphatic rings. The first kappa shape index (κ1) is 17.4. The number of aromatic nitrogens is 4. The molecular weight excluding hydrogens is 340 g/mol. The summed E-state index contributed by atoms with van der Waals surface area (Å²) in [7, 11) is 0. The van der Waals surface area contributed by atoms with Gasteiger partial charge in [-0.05, 0) is 37.5 Å². The Balaban J connectivity index is 2.28. The molecule has 3 aromatic rings. The molecule has 0 N–H and O–H groups in total. The van der Waals surface area contributed by atoms with Gasteiger partial charge >= 0.3 is 5.97 Å². The molecule has 0 saturated heterocycles. The van der Waals surface area contributed by atoms with Gasteiger partial charge in [-0.3, -0.25) is 0 Å². The van der Waals surface area contributed by atoms with Gasteiger partial charge in [0.05, 0.1) is 23.6 Å². The maximum Gasteiger partial charge on any atom is 0.360 e. The Labute approximate surface area is 150 Å². The van der Waals surface area contributed by atoms with Gasteiger partial charge < -0.3 is 4.74 Å². The molecule has 1 aromatic carbocycles. The summed E-state index contributed by atoms with van der Waals surface area (Å²) in [5.74, 6) is -0.332. The fourth-order valence-electron chi connectivity index (χ4n) is 2.73. The average Bonchev–Trinajstić information content (AvgIpc) is 2.96. The van der Waals surface area contributed by atoms with Gasteiger partial charge in [-0.15, -0.1) is 10.2 Å². The van der Waals surface area contributed by atoms with E-state index in [4.69, 9.17) is 16.3 Å². The highest BCUT2D eigenvalue weighted by molar-refractivity contribution is 6.30. The Bertz CT molecular complexity index is 950. The first-order chi connectivity index (χ1) is 11.9. The fraction of sp³-hybridized carbons (Fsp3) is 0.333. The molecule has 2 aromatic heterocycles. The number of esters is 1. The van der Waals surface area contributed by atoms with Gasteiger partial charge in [-0.1, -0.05) is 37.6 Å². The molecule has 0 bridgehead atoms. The maximum absolute atomic E-state index is 12.1. The van der Waals surface area contributed by atoms with Gasteiger partial charge in [0.25, 0.3) is 0 Å². The van der Waals surface area contributed by atoms with E-state index in [0.29, 0.717) is 16.4 Å². The molecule has 0 atom stereocenters. The number of aryl methyl sites for hydroxylation is 1. The van der Waals surface area contributed by atoms with Gasteiger partial charge in [0.1, 0.15) is 0 Å². The van der Waals surface area contributed by atoms with Crippen molar-refractivity contribution in [3.8, 4) is 11.1 Å². The van der Waals surface area contributed by atoms with E-state index >= 15 is 0 Å². The van der Waals surface area contributed by atoms with Crippen molar-refractivity contribution in [2.24, 2.45) is 0 Å². The number of hydrogen-bond donors (Lipinski definition) is 0. The first-order valence-corrected chi connectivity index (χ1v) is 8.50. The van der Waals surface area contributed by atoms with Crippen molar-refractivity contribution >= 4 is 23.2 Å². The van der Waals surface area contributed by atoms with Gasteiger partial charge in [0.15, 0.2) is 11.3 Å². The van der Waals surface area contributed by atoms with E-state index in [2.05, 4.69) is 29.1 Å². The third-order valence-electron chi connectivity index (χ3n) is 3.92. The summed E-state index contributed by atoms with van der Waals surface area (Å²) >= 11 is 6.15. The van der Waals surface area contributed by atoms with Crippen LogP contribution in [-0.4, -0.2) is 32.4 Å². The Morgan fingerprint density at radius 3 is 2.72 bits per heavy atom. The molecule has 2 heterocycles. The standard InChI is InChI=1S/C18H19ClN4O2/c1-5-25-18(24)16-11(4)23-17(21-20-16)14(15(22-23)10(2)3)12-7-6-8-13(19)9-12/h6-10H,5H2,1-4H3. The van der Waals surface area contributed by atoms with E-state index in [-0.39, 0.29) is 18.2 Å². The van der Waals surface area contributed by atoms with E-state index in [1.165, 1.54) is 0 Å². The highest BCUT2D eigenvalue weighted by Gasteiger charge is 2.23. The number of benzene rings is 1. The summed E-state index contributed by atoms with van der Waals surface area (Å²) in [4.78, 5) is 12.1. The van der Waals surface area contributed by atoms with Crippen LogP contribution in [0.3, 0.4) is 0 Å². The SMILES string of the molecule is CCOC(=O)c1nnc2c(-c3cccc(Cl)c3)c(C(C)C)nn2c1C. The minimum atomic E-state index is -0.500. The summed E-state index contributed by atoms with van der Waals surface area (Å²) in [6.07, 6.45) is 0. The highest BCUT2D eigenvalue weighted by Crippen LogP contribution is 2.33. The molecular formula is C18H19ClN4O2. The zero-order valence-electron chi connectivity index (χ0n) is 14.6. The molecule has 25 heavy (non-hydrogen) atoms. The largest absolute Gasteiger partial charge is 0.461 e. The molecule has 0 aliphatic heterocycles. The Hall–Kier alpha value is -2.47. The predicted molar refractivity (Wildman–Crippen MR) is 96.0 cm³/mol. The lowest BCUT2D eigenvalue weighted by Gasteiger charge is -2.06. The quantitative estimate of drug-likeness (QED) is 0.658. The molecule has 0 radical (unpaired) electrons. The van der Waals surface area contributed by atoms with Crippen molar-refractivity contribution in [3.63, 3.8) is 0 Å². The van der Waals surface area contributed by atoms with Gasteiger partial charge in [0, 0.05) is 5.02 Å². The van der Waals surface area contributed by atoms with Crippen LogP contribution in [0.25, 0.3) is 16.8 Å². The lowest BCUT2D eigenvalue weighted by Crippen LogP contribution is -2.14. The summed E-state index contributed by atoms with van der Waals surface area (Å²) in [5.41, 5.74) is 4.04. The number of halogens is 1. The topological polar surface area (TPSA) is 69.4 Å². The highest BCUT2D eigenvalue weighted by atomic mass is 35.5. The number of carbonyl (C=O) groups is 1. The summed E-state index contributed by atoms with van der Waals surface area (Å²) in [5, 5.41) is 13.7. The zero-order valence-corrected chi connectivity index (χ0v) is 15.3. The van der Waals surface area contributed by atoms with Crippen LogP contribution in [0.15, 0.2) is 24.3 Å². The normalized spacial score (nSPS) is 11.3. The van der Waals surface area contributed by atoms with Crippen molar-refractivity contribution in [1.82, 2.24) is 19.8 Å². The maximum atomic E-state index is 12.1. The second kappa shape index (κ2) is 6.80. The van der Waals surface area contributed by atoms with Gasteiger partial charge in [-0.25, -0.2) is 9.31 Å². The van der Waals surface area contributed by atoms with Crippen LogP contribution in [0.4, 0.5) is 0 Å². The zero-order chi connectivity index (χ0) is 18.1. The average molecular weight is 359 g/mol. The molecule has 0 unspecified atom stereocenters. The van der Waals surface area contributed by atoms with Crippen molar-refractivity contribution in [2.45, 2.75) is 33.6 Å². The minimum Gasteiger partial charge on any atom is -0.461 e. The van der Waals surface area contributed by atoms with Crippen molar-refractivity contribution < 1.29 is 9.53 Å². The second-order valence-electron chi connectivity index (χ2n) is 6.02. The van der Waals surface area contributed by atoms with E-state index in [1.807, 2.05) is 24.3 Å². The second-order valence-corrected chi connectivity index (χ2v) is 6.45. The predicted octanol–water partition coefficient (Wildman–Crippen LogP) is 4.05. The summed E-state index contributed by atoms with van der Waals surface area (Å²) in [6, 6.07) is 7.55. The number of rotatable bonds is 4. The number of fused-ring (bicyclic) bond motifs is 1. The summed E-state index contributed by atoms with van der Waals surface area (Å²) in [6.45, 7) is 7.94. The van der Waals surface area contributed by atoms with E-state index < -0.39 is 5.97 Å².